The number of rotatable bonds is 2. The Kier molecular flexibility index (Phi) is 3.34. The first-order chi connectivity index (χ1) is 9.25. The lowest BCUT2D eigenvalue weighted by molar-refractivity contribution is 0.0949. The van der Waals surface area contributed by atoms with Gasteiger partial charge in [-0.3, -0.25) is 9.78 Å². The van der Waals surface area contributed by atoms with Gasteiger partial charge in [0.1, 0.15) is 0 Å². The SMILES string of the molecule is O=C(c1ccc(Cl)cc1)C1CCCc2cccnc21. The number of halogens is 1. The van der Waals surface area contributed by atoms with E-state index in [1.807, 2.05) is 6.07 Å². The minimum atomic E-state index is -0.105. The normalized spacial score (nSPS) is 17.8. The first kappa shape index (κ1) is 12.4. The molecular weight excluding hydrogens is 258 g/mol. The van der Waals surface area contributed by atoms with E-state index in [0.717, 1.165) is 25.0 Å². The third-order valence-electron chi connectivity index (χ3n) is 3.64. The second kappa shape index (κ2) is 5.14. The summed E-state index contributed by atoms with van der Waals surface area (Å²) in [6.45, 7) is 0. The Morgan fingerprint density at radius 1 is 1.21 bits per heavy atom. The Balaban J connectivity index is 1.95. The third-order valence-corrected chi connectivity index (χ3v) is 3.89. The number of fused-ring (bicyclic) bond motifs is 1. The lowest BCUT2D eigenvalue weighted by Gasteiger charge is -2.23. The van der Waals surface area contributed by atoms with Crippen LogP contribution in [0, 0.1) is 0 Å². The summed E-state index contributed by atoms with van der Waals surface area (Å²) in [6, 6.07) is 11.1. The van der Waals surface area contributed by atoms with Crippen molar-refractivity contribution in [3.8, 4) is 0 Å². The van der Waals surface area contributed by atoms with Gasteiger partial charge in [-0.25, -0.2) is 0 Å². The Bertz CT molecular complexity index is 606. The zero-order valence-corrected chi connectivity index (χ0v) is 11.2. The molecule has 0 radical (unpaired) electrons. The van der Waals surface area contributed by atoms with Crippen molar-refractivity contribution < 1.29 is 4.79 Å². The lowest BCUT2D eigenvalue weighted by Crippen LogP contribution is -2.20. The van der Waals surface area contributed by atoms with Crippen molar-refractivity contribution in [3.05, 3.63) is 64.4 Å². The highest BCUT2D eigenvalue weighted by Crippen LogP contribution is 2.32. The van der Waals surface area contributed by atoms with E-state index in [0.29, 0.717) is 10.6 Å². The van der Waals surface area contributed by atoms with E-state index in [9.17, 15) is 4.79 Å². The van der Waals surface area contributed by atoms with Gasteiger partial charge in [0, 0.05) is 16.8 Å². The average molecular weight is 272 g/mol. The summed E-state index contributed by atoms with van der Waals surface area (Å²) in [4.78, 5) is 17.0. The van der Waals surface area contributed by atoms with Crippen LogP contribution in [0.4, 0.5) is 0 Å². The summed E-state index contributed by atoms with van der Waals surface area (Å²) in [6.07, 6.45) is 4.72. The maximum Gasteiger partial charge on any atom is 0.171 e. The molecule has 0 aliphatic heterocycles. The van der Waals surface area contributed by atoms with Gasteiger partial charge in [0.05, 0.1) is 11.6 Å². The van der Waals surface area contributed by atoms with Crippen LogP contribution in [0.5, 0.6) is 0 Å². The molecule has 2 nitrogen and oxygen atoms in total. The number of nitrogens with zero attached hydrogens (tertiary/aromatic N) is 1. The van der Waals surface area contributed by atoms with Gasteiger partial charge in [-0.2, -0.15) is 0 Å². The van der Waals surface area contributed by atoms with Gasteiger partial charge < -0.3 is 0 Å². The number of aromatic nitrogens is 1. The molecule has 0 N–H and O–H groups in total. The summed E-state index contributed by atoms with van der Waals surface area (Å²) in [7, 11) is 0. The maximum absolute atomic E-state index is 12.6. The fraction of sp³-hybridized carbons (Fsp3) is 0.250. The van der Waals surface area contributed by atoms with Gasteiger partial charge in [-0.15, -0.1) is 0 Å². The van der Waals surface area contributed by atoms with Crippen LogP contribution in [0.2, 0.25) is 5.02 Å². The zero-order chi connectivity index (χ0) is 13.2. The molecule has 2 aromatic rings. The fourth-order valence-electron chi connectivity index (χ4n) is 2.68. The number of aryl methyl sites for hydroxylation is 1. The molecule has 0 amide bonds. The van der Waals surface area contributed by atoms with E-state index in [1.165, 1.54) is 5.56 Å². The molecule has 96 valence electrons. The standard InChI is InChI=1S/C16H14ClNO/c17-13-8-6-12(7-9-13)16(19)14-5-1-3-11-4-2-10-18-15(11)14/h2,4,6-10,14H,1,3,5H2. The minimum absolute atomic E-state index is 0.105. The molecule has 1 aromatic carbocycles. The highest BCUT2D eigenvalue weighted by atomic mass is 35.5. The largest absolute Gasteiger partial charge is 0.293 e. The summed E-state index contributed by atoms with van der Waals surface area (Å²) in [5.41, 5.74) is 2.88. The molecule has 0 bridgehead atoms. The quantitative estimate of drug-likeness (QED) is 0.772. The summed E-state index contributed by atoms with van der Waals surface area (Å²) >= 11 is 5.86. The van der Waals surface area contributed by atoms with Crippen molar-refractivity contribution in [2.24, 2.45) is 0 Å². The summed E-state index contributed by atoms with van der Waals surface area (Å²) in [5, 5.41) is 0.652. The van der Waals surface area contributed by atoms with Crippen molar-refractivity contribution in [1.29, 1.82) is 0 Å². The van der Waals surface area contributed by atoms with Gasteiger partial charge in [0.15, 0.2) is 5.78 Å². The molecular formula is C16H14ClNO. The van der Waals surface area contributed by atoms with E-state index in [-0.39, 0.29) is 11.7 Å². The number of carbonyl (C=O) groups excluding carboxylic acids is 1. The monoisotopic (exact) mass is 271 g/mol. The van der Waals surface area contributed by atoms with Gasteiger partial charge >= 0.3 is 0 Å². The van der Waals surface area contributed by atoms with Crippen LogP contribution in [0.25, 0.3) is 0 Å². The van der Waals surface area contributed by atoms with Gasteiger partial charge in [0.25, 0.3) is 0 Å². The van der Waals surface area contributed by atoms with E-state index >= 15 is 0 Å². The fourth-order valence-corrected chi connectivity index (χ4v) is 2.81. The molecule has 3 rings (SSSR count). The molecule has 19 heavy (non-hydrogen) atoms. The number of ketones is 1. The minimum Gasteiger partial charge on any atom is -0.293 e. The molecule has 1 heterocycles. The molecule has 1 aliphatic carbocycles. The molecule has 0 saturated heterocycles. The van der Waals surface area contributed by atoms with Crippen molar-refractivity contribution in [2.75, 3.05) is 0 Å². The van der Waals surface area contributed by atoms with E-state index in [1.54, 1.807) is 30.5 Å². The van der Waals surface area contributed by atoms with E-state index in [4.69, 9.17) is 11.6 Å². The molecule has 1 aromatic heterocycles. The number of hydrogen-bond acceptors (Lipinski definition) is 2. The zero-order valence-electron chi connectivity index (χ0n) is 10.5. The smallest absolute Gasteiger partial charge is 0.171 e. The number of carbonyl (C=O) groups is 1. The topological polar surface area (TPSA) is 30.0 Å². The van der Waals surface area contributed by atoms with Crippen LogP contribution in [-0.4, -0.2) is 10.8 Å². The van der Waals surface area contributed by atoms with Crippen LogP contribution in [0.3, 0.4) is 0 Å². The van der Waals surface area contributed by atoms with Crippen LogP contribution in [-0.2, 0) is 6.42 Å². The van der Waals surface area contributed by atoms with Crippen molar-refractivity contribution in [3.63, 3.8) is 0 Å². The number of benzene rings is 1. The first-order valence-electron chi connectivity index (χ1n) is 6.49. The van der Waals surface area contributed by atoms with Gasteiger partial charge in [-0.1, -0.05) is 17.7 Å². The Morgan fingerprint density at radius 3 is 2.79 bits per heavy atom. The molecule has 0 spiro atoms. The second-order valence-corrected chi connectivity index (χ2v) is 5.30. The summed E-state index contributed by atoms with van der Waals surface area (Å²) in [5.74, 6) is 0.0439. The molecule has 1 unspecified atom stereocenters. The van der Waals surface area contributed by atoms with E-state index < -0.39 is 0 Å². The number of pyridine rings is 1. The molecule has 3 heteroatoms. The van der Waals surface area contributed by atoms with Crippen LogP contribution < -0.4 is 0 Å². The molecule has 0 fully saturated rings. The van der Waals surface area contributed by atoms with Crippen LogP contribution in [0.1, 0.15) is 40.4 Å². The van der Waals surface area contributed by atoms with Crippen molar-refractivity contribution in [2.45, 2.75) is 25.2 Å². The number of hydrogen-bond donors (Lipinski definition) is 0. The third kappa shape index (κ3) is 2.41. The average Bonchev–Trinajstić information content (AvgIpc) is 2.47. The lowest BCUT2D eigenvalue weighted by atomic mass is 9.82. The van der Waals surface area contributed by atoms with Crippen LogP contribution in [0.15, 0.2) is 42.6 Å². The van der Waals surface area contributed by atoms with Crippen LogP contribution >= 0.6 is 11.6 Å². The number of Topliss-reactive ketones (excluding diaryl/α,β-unsaturated/α-hetero) is 1. The van der Waals surface area contributed by atoms with Gasteiger partial charge in [0.2, 0.25) is 0 Å². The predicted octanol–water partition coefficient (Wildman–Crippen LogP) is 4.04. The van der Waals surface area contributed by atoms with Crippen molar-refractivity contribution in [1.82, 2.24) is 4.98 Å². The maximum atomic E-state index is 12.6. The van der Waals surface area contributed by atoms with Gasteiger partial charge in [-0.05, 0) is 55.2 Å². The van der Waals surface area contributed by atoms with E-state index in [2.05, 4.69) is 11.1 Å². The highest BCUT2D eigenvalue weighted by molar-refractivity contribution is 6.30. The highest BCUT2D eigenvalue weighted by Gasteiger charge is 2.28. The molecule has 1 atom stereocenters. The Morgan fingerprint density at radius 2 is 2.00 bits per heavy atom. The van der Waals surface area contributed by atoms with Crippen molar-refractivity contribution >= 4 is 17.4 Å². The first-order valence-corrected chi connectivity index (χ1v) is 6.87. The Hall–Kier alpha value is -1.67. The molecule has 1 aliphatic rings. The predicted molar refractivity (Wildman–Crippen MR) is 75.7 cm³/mol. The second-order valence-electron chi connectivity index (χ2n) is 4.86. The Labute approximate surface area is 117 Å². The molecule has 0 saturated carbocycles. The summed E-state index contributed by atoms with van der Waals surface area (Å²) < 4.78 is 0.